The molecular weight excluding hydrogens is 356 g/mol. The van der Waals surface area contributed by atoms with Crippen molar-refractivity contribution >= 4 is 56.8 Å². The summed E-state index contributed by atoms with van der Waals surface area (Å²) in [6.45, 7) is 2.62. The predicted octanol–water partition coefficient (Wildman–Crippen LogP) is 3.50. The van der Waals surface area contributed by atoms with Gasteiger partial charge >= 0.3 is 5.97 Å². The van der Waals surface area contributed by atoms with Gasteiger partial charge in [0, 0.05) is 18.0 Å². The van der Waals surface area contributed by atoms with Gasteiger partial charge in [-0.3, -0.25) is 9.59 Å². The Labute approximate surface area is 147 Å². The number of halogens is 1. The lowest BCUT2D eigenvalue weighted by molar-refractivity contribution is -0.143. The van der Waals surface area contributed by atoms with E-state index in [4.69, 9.17) is 16.3 Å². The molecule has 0 unspecified atom stereocenters. The molecule has 1 aromatic carbocycles. The van der Waals surface area contributed by atoms with E-state index in [1.54, 1.807) is 6.92 Å². The Morgan fingerprint density at radius 1 is 1.43 bits per heavy atom. The van der Waals surface area contributed by atoms with Crippen LogP contribution in [-0.4, -0.2) is 35.8 Å². The van der Waals surface area contributed by atoms with Gasteiger partial charge in [0.05, 0.1) is 22.6 Å². The molecule has 0 saturated carbocycles. The van der Waals surface area contributed by atoms with Crippen molar-refractivity contribution in [3.63, 3.8) is 0 Å². The summed E-state index contributed by atoms with van der Waals surface area (Å²) in [5, 5.41) is 3.43. The van der Waals surface area contributed by atoms with Crippen molar-refractivity contribution in [2.24, 2.45) is 0 Å². The number of hydrogen-bond donors (Lipinski definition) is 1. The maximum atomic E-state index is 11.8. The fraction of sp³-hybridized carbons (Fsp3) is 0.400. The highest BCUT2D eigenvalue weighted by Crippen LogP contribution is 2.30. The number of hydrogen-bond acceptors (Lipinski definition) is 6. The van der Waals surface area contributed by atoms with E-state index in [2.05, 4.69) is 10.3 Å². The molecule has 0 radical (unpaired) electrons. The van der Waals surface area contributed by atoms with Crippen LogP contribution in [0.4, 0.5) is 0 Å². The third-order valence-electron chi connectivity index (χ3n) is 2.84. The minimum atomic E-state index is -0.232. The molecule has 8 heteroatoms. The second-order valence-corrected chi connectivity index (χ2v) is 7.33. The Balaban J connectivity index is 1.70. The number of esters is 1. The van der Waals surface area contributed by atoms with Crippen LogP contribution in [0.3, 0.4) is 0 Å². The average Bonchev–Trinajstić information content (AvgIpc) is 2.92. The molecule has 0 aliphatic rings. The molecule has 124 valence electrons. The molecule has 0 fully saturated rings. The molecule has 0 saturated heterocycles. The van der Waals surface area contributed by atoms with Gasteiger partial charge in [-0.05, 0) is 31.5 Å². The molecule has 1 N–H and O–H groups in total. The Morgan fingerprint density at radius 2 is 2.26 bits per heavy atom. The van der Waals surface area contributed by atoms with Crippen molar-refractivity contribution in [3.05, 3.63) is 23.2 Å². The molecule has 2 rings (SSSR count). The van der Waals surface area contributed by atoms with Gasteiger partial charge in [0.2, 0.25) is 5.91 Å². The first-order valence-electron chi connectivity index (χ1n) is 7.19. The standard InChI is InChI=1S/C15H17ClN2O3S2/c1-2-21-14(20)4-3-7-17-13(19)9-22-15-18-11-8-10(16)5-6-12(11)23-15/h5-6,8H,2-4,7,9H2,1H3,(H,17,19). The SMILES string of the molecule is CCOC(=O)CCCNC(=O)CSc1nc2cc(Cl)ccc2s1. The first-order valence-corrected chi connectivity index (χ1v) is 9.37. The van der Waals surface area contributed by atoms with Gasteiger partial charge in [0.15, 0.2) is 4.34 Å². The summed E-state index contributed by atoms with van der Waals surface area (Å²) in [6, 6.07) is 5.56. The summed E-state index contributed by atoms with van der Waals surface area (Å²) in [5.41, 5.74) is 0.847. The van der Waals surface area contributed by atoms with Crippen LogP contribution in [0.1, 0.15) is 19.8 Å². The van der Waals surface area contributed by atoms with Gasteiger partial charge in [-0.15, -0.1) is 11.3 Å². The second-order valence-electron chi connectivity index (χ2n) is 4.64. The summed E-state index contributed by atoms with van der Waals surface area (Å²) >= 11 is 8.86. The fourth-order valence-corrected chi connectivity index (χ4v) is 3.86. The maximum Gasteiger partial charge on any atom is 0.305 e. The van der Waals surface area contributed by atoms with E-state index < -0.39 is 0 Å². The lowest BCUT2D eigenvalue weighted by atomic mass is 10.3. The van der Waals surface area contributed by atoms with E-state index in [9.17, 15) is 9.59 Å². The summed E-state index contributed by atoms with van der Waals surface area (Å²) in [7, 11) is 0. The Kier molecular flexibility index (Phi) is 7.14. The minimum absolute atomic E-state index is 0.0730. The normalized spacial score (nSPS) is 10.7. The Morgan fingerprint density at radius 3 is 3.04 bits per heavy atom. The topological polar surface area (TPSA) is 68.3 Å². The van der Waals surface area contributed by atoms with Crippen LogP contribution in [0.15, 0.2) is 22.5 Å². The highest BCUT2D eigenvalue weighted by molar-refractivity contribution is 8.01. The maximum absolute atomic E-state index is 11.8. The lowest BCUT2D eigenvalue weighted by Crippen LogP contribution is -2.26. The zero-order valence-corrected chi connectivity index (χ0v) is 15.0. The van der Waals surface area contributed by atoms with E-state index in [-0.39, 0.29) is 11.9 Å². The molecule has 1 heterocycles. The molecule has 1 amide bonds. The highest BCUT2D eigenvalue weighted by Gasteiger charge is 2.08. The molecular formula is C15H17ClN2O3S2. The van der Waals surface area contributed by atoms with Crippen LogP contribution >= 0.6 is 34.7 Å². The van der Waals surface area contributed by atoms with Gasteiger partial charge in [0.1, 0.15) is 0 Å². The number of aromatic nitrogens is 1. The number of rotatable bonds is 8. The van der Waals surface area contributed by atoms with E-state index >= 15 is 0 Å². The van der Waals surface area contributed by atoms with Crippen LogP contribution in [0.25, 0.3) is 10.2 Å². The van der Waals surface area contributed by atoms with Gasteiger partial charge in [-0.1, -0.05) is 23.4 Å². The molecule has 23 heavy (non-hydrogen) atoms. The predicted molar refractivity (Wildman–Crippen MR) is 94.2 cm³/mol. The van der Waals surface area contributed by atoms with Crippen molar-refractivity contribution in [2.45, 2.75) is 24.1 Å². The first-order chi connectivity index (χ1) is 11.1. The molecule has 0 aliphatic carbocycles. The van der Waals surface area contributed by atoms with Crippen LogP contribution < -0.4 is 5.32 Å². The number of amides is 1. The van der Waals surface area contributed by atoms with E-state index in [0.29, 0.717) is 36.8 Å². The number of ether oxygens (including phenoxy) is 1. The molecule has 0 aliphatic heterocycles. The lowest BCUT2D eigenvalue weighted by Gasteiger charge is -2.04. The number of fused-ring (bicyclic) bond motifs is 1. The Hall–Kier alpha value is -1.31. The van der Waals surface area contributed by atoms with Crippen molar-refractivity contribution in [3.8, 4) is 0 Å². The number of benzene rings is 1. The molecule has 0 atom stereocenters. The number of nitrogens with one attached hydrogen (secondary N) is 1. The second kappa shape index (κ2) is 9.10. The van der Waals surface area contributed by atoms with Gasteiger partial charge < -0.3 is 10.1 Å². The summed E-state index contributed by atoms with van der Waals surface area (Å²) in [6.07, 6.45) is 0.898. The quantitative estimate of drug-likeness (QED) is 0.436. The molecule has 0 bridgehead atoms. The smallest absolute Gasteiger partial charge is 0.305 e. The third kappa shape index (κ3) is 6.01. The van der Waals surface area contributed by atoms with Crippen LogP contribution in [0.5, 0.6) is 0 Å². The number of thioether (sulfide) groups is 1. The fourth-order valence-electron chi connectivity index (χ4n) is 1.81. The minimum Gasteiger partial charge on any atom is -0.466 e. The number of carbonyl (C=O) groups excluding carboxylic acids is 2. The van der Waals surface area contributed by atoms with Gasteiger partial charge in [0.25, 0.3) is 0 Å². The van der Waals surface area contributed by atoms with E-state index in [1.165, 1.54) is 23.1 Å². The summed E-state index contributed by atoms with van der Waals surface area (Å²) < 4.78 is 6.70. The van der Waals surface area contributed by atoms with Gasteiger partial charge in [-0.2, -0.15) is 0 Å². The monoisotopic (exact) mass is 372 g/mol. The Bertz CT molecular complexity index is 690. The molecule has 1 aromatic heterocycles. The van der Waals surface area contributed by atoms with Crippen LogP contribution in [-0.2, 0) is 14.3 Å². The van der Waals surface area contributed by atoms with Crippen molar-refractivity contribution in [2.75, 3.05) is 18.9 Å². The van der Waals surface area contributed by atoms with Crippen molar-refractivity contribution < 1.29 is 14.3 Å². The molecule has 5 nitrogen and oxygen atoms in total. The van der Waals surface area contributed by atoms with E-state index in [1.807, 2.05) is 18.2 Å². The first kappa shape index (κ1) is 18.0. The largest absolute Gasteiger partial charge is 0.466 e. The zero-order chi connectivity index (χ0) is 16.7. The van der Waals surface area contributed by atoms with E-state index in [0.717, 1.165) is 14.6 Å². The number of carbonyl (C=O) groups is 2. The summed E-state index contributed by atoms with van der Waals surface area (Å²) in [4.78, 5) is 27.4. The molecule has 0 spiro atoms. The number of thiazole rings is 1. The third-order valence-corrected chi connectivity index (χ3v) is 5.26. The highest BCUT2D eigenvalue weighted by atomic mass is 35.5. The summed E-state index contributed by atoms with van der Waals surface area (Å²) in [5.74, 6) is -0.00661. The zero-order valence-electron chi connectivity index (χ0n) is 12.6. The van der Waals surface area contributed by atoms with Crippen LogP contribution in [0.2, 0.25) is 5.02 Å². The van der Waals surface area contributed by atoms with Gasteiger partial charge in [-0.25, -0.2) is 4.98 Å². The van der Waals surface area contributed by atoms with Crippen LogP contribution in [0, 0.1) is 0 Å². The van der Waals surface area contributed by atoms with Crippen molar-refractivity contribution in [1.82, 2.24) is 10.3 Å². The van der Waals surface area contributed by atoms with Crippen molar-refractivity contribution in [1.29, 1.82) is 0 Å². The average molecular weight is 373 g/mol. The molecule has 2 aromatic rings. The number of nitrogens with zero attached hydrogens (tertiary/aromatic N) is 1.